The second kappa shape index (κ2) is 7.30. The first kappa shape index (κ1) is 17.7. The molecule has 124 valence electrons. The fraction of sp³-hybridized carbons (Fsp3) is 0.368. The number of benzene rings is 2. The molecule has 0 unspecified atom stereocenters. The minimum Gasteiger partial charge on any atom is -0.508 e. The van der Waals surface area contributed by atoms with Crippen molar-refractivity contribution in [1.29, 1.82) is 0 Å². The summed E-state index contributed by atoms with van der Waals surface area (Å²) >= 11 is 0. The topological polar surface area (TPSA) is 26.7 Å². The van der Waals surface area contributed by atoms with E-state index in [0.717, 1.165) is 6.54 Å². The molecule has 0 aliphatic heterocycles. The van der Waals surface area contributed by atoms with Gasteiger partial charge in [0.15, 0.2) is 9.84 Å². The van der Waals surface area contributed by atoms with Gasteiger partial charge in [-0.3, -0.25) is 0 Å². The number of nitrogens with zero attached hydrogens (tertiary/aromatic N) is 2. The van der Waals surface area contributed by atoms with Gasteiger partial charge in [-0.25, -0.2) is 0 Å². The molecule has 2 aromatic carbocycles. The van der Waals surface area contributed by atoms with Gasteiger partial charge in [0.25, 0.3) is 0 Å². The Hall–Kier alpha value is -1.62. The van der Waals surface area contributed by atoms with Gasteiger partial charge >= 0.3 is 0 Å². The Labute approximate surface area is 142 Å². The molecule has 0 aliphatic carbocycles. The Kier molecular flexibility index (Phi) is 5.63. The van der Waals surface area contributed by atoms with Crippen LogP contribution in [0.1, 0.15) is 30.5 Å². The highest BCUT2D eigenvalue weighted by molar-refractivity contribution is 6.27. The van der Waals surface area contributed by atoms with Crippen LogP contribution in [0.4, 0.5) is 0 Å². The molecule has 0 saturated heterocycles. The van der Waals surface area contributed by atoms with Gasteiger partial charge in [0, 0.05) is 12.0 Å². The maximum absolute atomic E-state index is 9.47. The summed E-state index contributed by atoms with van der Waals surface area (Å²) in [6.07, 6.45) is 0. The molecule has 2 rings (SSSR count). The summed E-state index contributed by atoms with van der Waals surface area (Å²) in [6.45, 7) is 5.45. The van der Waals surface area contributed by atoms with E-state index in [9.17, 15) is 5.11 Å². The maximum Gasteiger partial charge on any atom is 0.172 e. The van der Waals surface area contributed by atoms with E-state index >= 15 is 0 Å². The Morgan fingerprint density at radius 3 is 1.83 bits per heavy atom. The first-order chi connectivity index (χ1) is 10.8. The molecule has 0 fully saturated rings. The molecular weight excluding hydrogens is 300 g/mol. The molecule has 2 aromatic rings. The molecule has 0 bridgehead atoms. The number of phenols is 1. The smallest absolute Gasteiger partial charge is 0.172 e. The van der Waals surface area contributed by atoms with E-state index in [1.165, 1.54) is 16.7 Å². The molecular formula is C19H28N2OSi. The lowest BCUT2D eigenvalue weighted by molar-refractivity contribution is 0.474. The van der Waals surface area contributed by atoms with E-state index < -0.39 is 0 Å². The zero-order valence-corrected chi connectivity index (χ0v) is 16.3. The number of phenolic OH excluding ortho intramolecular Hbond substituents is 1. The highest BCUT2D eigenvalue weighted by Gasteiger charge is 2.22. The van der Waals surface area contributed by atoms with E-state index in [2.05, 4.69) is 68.4 Å². The molecule has 0 heterocycles. The number of rotatable bonds is 6. The Morgan fingerprint density at radius 1 is 0.870 bits per heavy atom. The number of hydrogen-bond donors (Lipinski definition) is 1. The minimum atomic E-state index is -0.313. The van der Waals surface area contributed by atoms with Crippen LogP contribution in [0.25, 0.3) is 0 Å². The Bertz CT molecular complexity index is 621. The fourth-order valence-electron chi connectivity index (χ4n) is 2.92. The summed E-state index contributed by atoms with van der Waals surface area (Å²) in [5, 5.41) is 9.47. The van der Waals surface area contributed by atoms with Crippen molar-refractivity contribution in [2.75, 3.05) is 21.1 Å². The normalized spacial score (nSPS) is 12.7. The van der Waals surface area contributed by atoms with Gasteiger partial charge in [-0.15, -0.1) is 0 Å². The van der Waals surface area contributed by atoms with E-state index in [0.29, 0.717) is 5.75 Å². The summed E-state index contributed by atoms with van der Waals surface area (Å²) < 4.78 is 4.74. The summed E-state index contributed by atoms with van der Waals surface area (Å²) in [7, 11) is 6.17. The molecule has 0 amide bonds. The molecule has 0 aliphatic rings. The van der Waals surface area contributed by atoms with Crippen LogP contribution in [0.15, 0.2) is 48.5 Å². The van der Waals surface area contributed by atoms with Crippen molar-refractivity contribution in [2.45, 2.75) is 25.8 Å². The average Bonchev–Trinajstić information content (AvgIpc) is 2.47. The summed E-state index contributed by atoms with van der Waals surface area (Å²) in [6, 6.07) is 16.4. The van der Waals surface area contributed by atoms with Gasteiger partial charge in [0.2, 0.25) is 0 Å². The third kappa shape index (κ3) is 4.67. The van der Waals surface area contributed by atoms with Crippen molar-refractivity contribution in [3.8, 4) is 5.75 Å². The van der Waals surface area contributed by atoms with Gasteiger partial charge in [0.1, 0.15) is 5.75 Å². The van der Waals surface area contributed by atoms with Crippen LogP contribution in [0.3, 0.4) is 0 Å². The molecule has 23 heavy (non-hydrogen) atoms. The van der Waals surface area contributed by atoms with Gasteiger partial charge in [-0.05, 0) is 50.0 Å². The largest absolute Gasteiger partial charge is 0.508 e. The lowest BCUT2D eigenvalue weighted by Gasteiger charge is -2.27. The zero-order valence-electron chi connectivity index (χ0n) is 14.9. The van der Waals surface area contributed by atoms with Crippen LogP contribution >= 0.6 is 0 Å². The van der Waals surface area contributed by atoms with Crippen molar-refractivity contribution < 1.29 is 5.11 Å². The molecule has 0 atom stereocenters. The first-order valence-corrected chi connectivity index (χ1v) is 9.28. The van der Waals surface area contributed by atoms with Crippen LogP contribution in [0, 0.1) is 0 Å². The summed E-state index contributed by atoms with van der Waals surface area (Å²) in [5.41, 5.74) is 3.78. The van der Waals surface area contributed by atoms with Crippen LogP contribution in [-0.4, -0.2) is 45.2 Å². The van der Waals surface area contributed by atoms with Crippen molar-refractivity contribution >= 4 is 9.84 Å². The monoisotopic (exact) mass is 328 g/mol. The first-order valence-electron chi connectivity index (χ1n) is 8.01. The molecule has 3 nitrogen and oxygen atoms in total. The van der Waals surface area contributed by atoms with Crippen molar-refractivity contribution in [1.82, 2.24) is 9.13 Å². The van der Waals surface area contributed by atoms with Crippen molar-refractivity contribution in [3.63, 3.8) is 0 Å². The van der Waals surface area contributed by atoms with Crippen LogP contribution < -0.4 is 0 Å². The van der Waals surface area contributed by atoms with Crippen LogP contribution in [-0.2, 0) is 12.0 Å². The van der Waals surface area contributed by atoms with Gasteiger partial charge in [-0.1, -0.05) is 50.2 Å². The van der Waals surface area contributed by atoms with Crippen molar-refractivity contribution in [3.05, 3.63) is 65.2 Å². The third-order valence-electron chi connectivity index (χ3n) is 4.24. The summed E-state index contributed by atoms with van der Waals surface area (Å²) in [4.78, 5) is 0. The minimum absolute atomic E-state index is 0.0729. The highest BCUT2D eigenvalue weighted by atomic mass is 28.2. The van der Waals surface area contributed by atoms with Gasteiger partial charge in [0.05, 0.1) is 0 Å². The maximum atomic E-state index is 9.47. The molecule has 0 saturated carbocycles. The standard InChI is InChI=1S/C19H28N2OSi/c1-19(2,17-10-12-18(22)13-11-17)16-8-6-15(7-9-16)14-21(5)23-20(3)4/h6-13,22H,14,23H2,1-5H3. The predicted octanol–water partition coefficient (Wildman–Crippen LogP) is 2.71. The second-order valence-electron chi connectivity index (χ2n) is 7.10. The van der Waals surface area contributed by atoms with Crippen LogP contribution in [0.5, 0.6) is 5.75 Å². The summed E-state index contributed by atoms with van der Waals surface area (Å²) in [5.74, 6) is 0.313. The molecule has 0 aromatic heterocycles. The predicted molar refractivity (Wildman–Crippen MR) is 100 cm³/mol. The van der Waals surface area contributed by atoms with E-state index in [-0.39, 0.29) is 15.3 Å². The van der Waals surface area contributed by atoms with Gasteiger partial charge < -0.3 is 14.2 Å². The van der Waals surface area contributed by atoms with Crippen molar-refractivity contribution in [2.24, 2.45) is 0 Å². The average molecular weight is 329 g/mol. The Balaban J connectivity index is 2.13. The van der Waals surface area contributed by atoms with Gasteiger partial charge in [-0.2, -0.15) is 0 Å². The van der Waals surface area contributed by atoms with Crippen LogP contribution in [0.2, 0.25) is 0 Å². The second-order valence-corrected chi connectivity index (χ2v) is 9.73. The number of hydrogen-bond acceptors (Lipinski definition) is 3. The fourth-order valence-corrected chi connectivity index (χ4v) is 4.24. The van der Waals surface area contributed by atoms with E-state index in [4.69, 9.17) is 0 Å². The Morgan fingerprint density at radius 2 is 1.35 bits per heavy atom. The highest BCUT2D eigenvalue weighted by Crippen LogP contribution is 2.32. The molecule has 1 N–H and O–H groups in total. The SMILES string of the molecule is CN(C)[SiH2]N(C)Cc1ccc(C(C)(C)c2ccc(O)cc2)cc1. The van der Waals surface area contributed by atoms with E-state index in [1.807, 2.05) is 12.1 Å². The third-order valence-corrected chi connectivity index (χ3v) is 5.51. The lowest BCUT2D eigenvalue weighted by atomic mass is 9.78. The van der Waals surface area contributed by atoms with E-state index in [1.54, 1.807) is 12.1 Å². The zero-order chi connectivity index (χ0) is 17.0. The lowest BCUT2D eigenvalue weighted by Crippen LogP contribution is -2.33. The number of aromatic hydroxyl groups is 1. The molecule has 0 spiro atoms. The molecule has 0 radical (unpaired) electrons. The molecule has 4 heteroatoms. The quantitative estimate of drug-likeness (QED) is 0.826.